The third-order valence-electron chi connectivity index (χ3n) is 3.30. The lowest BCUT2D eigenvalue weighted by Gasteiger charge is -2.21. The van der Waals surface area contributed by atoms with Crippen LogP contribution in [-0.2, 0) is 25.9 Å². The Bertz CT molecular complexity index is 689. The van der Waals surface area contributed by atoms with Crippen LogP contribution in [0.2, 0.25) is 0 Å². The summed E-state index contributed by atoms with van der Waals surface area (Å²) in [5.41, 5.74) is -2.83. The molecule has 2 rings (SSSR count). The van der Waals surface area contributed by atoms with Gasteiger partial charge in [-0.2, -0.15) is 31.1 Å². The van der Waals surface area contributed by atoms with Crippen LogP contribution in [-0.4, -0.2) is 26.8 Å². The van der Waals surface area contributed by atoms with Crippen LogP contribution >= 0.6 is 0 Å². The zero-order valence-electron chi connectivity index (χ0n) is 13.4. The van der Waals surface area contributed by atoms with E-state index in [0.717, 1.165) is 4.80 Å². The summed E-state index contributed by atoms with van der Waals surface area (Å²) in [4.78, 5) is 2.63. The van der Waals surface area contributed by atoms with Gasteiger partial charge >= 0.3 is 12.4 Å². The van der Waals surface area contributed by atoms with Crippen molar-refractivity contribution in [2.75, 3.05) is 11.4 Å². The fraction of sp³-hybridized carbons (Fsp3) is 0.500. The van der Waals surface area contributed by atoms with Crippen LogP contribution in [0.5, 0.6) is 0 Å². The minimum Gasteiger partial charge on any atom is -0.334 e. The lowest BCUT2D eigenvalue weighted by atomic mass is 10.0. The molecule has 0 saturated heterocycles. The highest BCUT2D eigenvalue weighted by Gasteiger charge is 2.37. The molecule has 0 bridgehead atoms. The lowest BCUT2D eigenvalue weighted by molar-refractivity contribution is -0.143. The van der Waals surface area contributed by atoms with Crippen molar-refractivity contribution in [1.29, 1.82) is 0 Å². The number of benzene rings is 1. The van der Waals surface area contributed by atoms with Gasteiger partial charge in [0.25, 0.3) is 5.95 Å². The van der Waals surface area contributed by atoms with Crippen molar-refractivity contribution in [2.45, 2.75) is 32.2 Å². The number of anilines is 1. The molecule has 1 aromatic heterocycles. The number of alkyl halides is 6. The van der Waals surface area contributed by atoms with Crippen LogP contribution in [0.1, 0.15) is 30.0 Å². The predicted octanol–water partition coefficient (Wildman–Crippen LogP) is 3.66. The molecule has 5 nitrogen and oxygen atoms in total. The molecular formula is C14H15F6N5. The summed E-state index contributed by atoms with van der Waals surface area (Å²) in [6.45, 7) is 1.96. The van der Waals surface area contributed by atoms with E-state index in [4.69, 9.17) is 0 Å². The molecule has 138 valence electrons. The maximum Gasteiger partial charge on any atom is 0.416 e. The molecule has 0 unspecified atom stereocenters. The molecule has 0 aliphatic heterocycles. The first-order valence-electron chi connectivity index (χ1n) is 7.28. The van der Waals surface area contributed by atoms with Crippen molar-refractivity contribution in [2.24, 2.45) is 7.05 Å². The molecule has 0 N–H and O–H groups in total. The van der Waals surface area contributed by atoms with E-state index in [0.29, 0.717) is 25.1 Å². The largest absolute Gasteiger partial charge is 0.416 e. The Labute approximate surface area is 139 Å². The Hall–Kier alpha value is -2.33. The van der Waals surface area contributed by atoms with E-state index in [-0.39, 0.29) is 24.1 Å². The average molecular weight is 367 g/mol. The molecule has 0 aliphatic carbocycles. The number of tetrazole rings is 1. The monoisotopic (exact) mass is 367 g/mol. The molecule has 0 aliphatic rings. The summed E-state index contributed by atoms with van der Waals surface area (Å²) in [7, 11) is 1.51. The Balaban J connectivity index is 2.42. The number of nitrogens with zero attached hydrogens (tertiary/aromatic N) is 5. The zero-order valence-corrected chi connectivity index (χ0v) is 13.4. The molecule has 0 radical (unpaired) electrons. The number of rotatable bonds is 5. The van der Waals surface area contributed by atoms with Crippen LogP contribution in [0.3, 0.4) is 0 Å². The molecule has 2 aromatic rings. The molecule has 0 saturated carbocycles. The van der Waals surface area contributed by atoms with Gasteiger partial charge in [-0.05, 0) is 35.4 Å². The molecule has 0 amide bonds. The number of aryl methyl sites for hydroxylation is 1. The van der Waals surface area contributed by atoms with Crippen LogP contribution in [0.15, 0.2) is 18.2 Å². The Morgan fingerprint density at radius 3 is 1.96 bits per heavy atom. The molecule has 0 fully saturated rings. The van der Waals surface area contributed by atoms with Gasteiger partial charge in [-0.1, -0.05) is 12.0 Å². The van der Waals surface area contributed by atoms with Crippen LogP contribution in [0, 0.1) is 0 Å². The Kier molecular flexibility index (Phi) is 5.23. The second-order valence-electron chi connectivity index (χ2n) is 5.41. The van der Waals surface area contributed by atoms with Crippen LogP contribution in [0.4, 0.5) is 32.3 Å². The van der Waals surface area contributed by atoms with Crippen molar-refractivity contribution < 1.29 is 26.3 Å². The molecule has 25 heavy (non-hydrogen) atoms. The third kappa shape index (κ3) is 4.83. The summed E-state index contributed by atoms with van der Waals surface area (Å²) in [6, 6.07) is 1.51. The zero-order chi connectivity index (χ0) is 18.8. The van der Waals surface area contributed by atoms with Gasteiger partial charge in [0.1, 0.15) is 0 Å². The SMILES string of the molecule is CCCN(Cc1cc(C(F)(F)F)cc(C(F)(F)F)c1)c1nnn(C)n1. The van der Waals surface area contributed by atoms with E-state index in [1.165, 1.54) is 11.9 Å². The van der Waals surface area contributed by atoms with Gasteiger partial charge in [0, 0.05) is 13.1 Å². The Morgan fingerprint density at radius 1 is 1.00 bits per heavy atom. The number of hydrogen-bond acceptors (Lipinski definition) is 4. The van der Waals surface area contributed by atoms with Gasteiger partial charge in [0.05, 0.1) is 18.2 Å². The first-order valence-corrected chi connectivity index (χ1v) is 7.28. The topological polar surface area (TPSA) is 46.8 Å². The van der Waals surface area contributed by atoms with Gasteiger partial charge in [0.15, 0.2) is 0 Å². The van der Waals surface area contributed by atoms with Crippen LogP contribution in [0.25, 0.3) is 0 Å². The second kappa shape index (κ2) is 6.89. The Morgan fingerprint density at radius 2 is 1.56 bits per heavy atom. The number of aromatic nitrogens is 4. The van der Waals surface area contributed by atoms with Gasteiger partial charge in [-0.3, -0.25) is 0 Å². The van der Waals surface area contributed by atoms with Gasteiger partial charge < -0.3 is 4.90 Å². The van der Waals surface area contributed by atoms with E-state index in [1.54, 1.807) is 0 Å². The molecule has 11 heteroatoms. The fourth-order valence-electron chi connectivity index (χ4n) is 2.25. The summed E-state index contributed by atoms with van der Waals surface area (Å²) in [5.74, 6) is 0.135. The van der Waals surface area contributed by atoms with E-state index < -0.39 is 23.5 Å². The van der Waals surface area contributed by atoms with Gasteiger partial charge in [-0.25, -0.2) is 0 Å². The van der Waals surface area contributed by atoms with E-state index in [9.17, 15) is 26.3 Å². The summed E-state index contributed by atoms with van der Waals surface area (Å²) >= 11 is 0. The first-order chi connectivity index (χ1) is 11.5. The fourth-order valence-corrected chi connectivity index (χ4v) is 2.25. The van der Waals surface area contributed by atoms with Gasteiger partial charge in [-0.15, -0.1) is 5.10 Å². The molecule has 1 aromatic carbocycles. The minimum atomic E-state index is -4.88. The third-order valence-corrected chi connectivity index (χ3v) is 3.30. The highest BCUT2D eigenvalue weighted by Crippen LogP contribution is 2.36. The van der Waals surface area contributed by atoms with E-state index in [2.05, 4.69) is 15.4 Å². The highest BCUT2D eigenvalue weighted by atomic mass is 19.4. The number of hydrogen-bond donors (Lipinski definition) is 0. The molecular weight excluding hydrogens is 352 g/mol. The average Bonchev–Trinajstić information content (AvgIpc) is 2.91. The standard InChI is InChI=1S/C14H15F6N5/c1-3-4-25(12-21-23-24(2)22-12)8-9-5-10(13(15,16)17)7-11(6-9)14(18,19)20/h5-7H,3-4,8H2,1-2H3. The number of halogens is 6. The molecule has 0 spiro atoms. The highest BCUT2D eigenvalue weighted by molar-refractivity contribution is 5.37. The predicted molar refractivity (Wildman–Crippen MR) is 76.6 cm³/mol. The first kappa shape index (κ1) is 19.0. The maximum absolute atomic E-state index is 12.9. The van der Waals surface area contributed by atoms with Crippen molar-refractivity contribution in [3.05, 3.63) is 34.9 Å². The van der Waals surface area contributed by atoms with Gasteiger partial charge in [0.2, 0.25) is 0 Å². The lowest BCUT2D eigenvalue weighted by Crippen LogP contribution is -2.25. The second-order valence-corrected chi connectivity index (χ2v) is 5.41. The molecule has 1 heterocycles. The molecule has 0 atom stereocenters. The van der Waals surface area contributed by atoms with Crippen molar-refractivity contribution >= 4 is 5.95 Å². The van der Waals surface area contributed by atoms with Crippen molar-refractivity contribution in [1.82, 2.24) is 20.2 Å². The summed E-state index contributed by atoms with van der Waals surface area (Å²) in [6.07, 6.45) is -9.16. The normalized spacial score (nSPS) is 12.5. The van der Waals surface area contributed by atoms with E-state index >= 15 is 0 Å². The van der Waals surface area contributed by atoms with E-state index in [1.807, 2.05) is 6.92 Å². The summed E-state index contributed by atoms with van der Waals surface area (Å²) in [5, 5.41) is 11.3. The van der Waals surface area contributed by atoms with Crippen LogP contribution < -0.4 is 4.90 Å². The minimum absolute atomic E-state index is 0.105. The summed E-state index contributed by atoms with van der Waals surface area (Å²) < 4.78 is 77.6. The maximum atomic E-state index is 12.9. The van der Waals surface area contributed by atoms with Crippen molar-refractivity contribution in [3.63, 3.8) is 0 Å². The quantitative estimate of drug-likeness (QED) is 0.757. The smallest absolute Gasteiger partial charge is 0.334 e. The van der Waals surface area contributed by atoms with Crippen molar-refractivity contribution in [3.8, 4) is 0 Å².